The van der Waals surface area contributed by atoms with Crippen molar-refractivity contribution in [2.45, 2.75) is 32.1 Å². The van der Waals surface area contributed by atoms with Crippen LogP contribution in [-0.2, 0) is 13.2 Å². The van der Waals surface area contributed by atoms with Crippen molar-refractivity contribution in [1.82, 2.24) is 15.2 Å². The molecule has 0 aliphatic carbocycles. The first kappa shape index (κ1) is 17.2. The number of aliphatic hydroxyl groups is 1. The third-order valence-corrected chi connectivity index (χ3v) is 4.16. The minimum atomic E-state index is -0.407. The van der Waals surface area contributed by atoms with Crippen LogP contribution >= 0.6 is 0 Å². The Labute approximate surface area is 147 Å². The van der Waals surface area contributed by atoms with Gasteiger partial charge in [-0.25, -0.2) is 4.79 Å². The number of carbonyl (C=O) groups excluding carboxylic acids is 1. The summed E-state index contributed by atoms with van der Waals surface area (Å²) in [6, 6.07) is 13.2. The van der Waals surface area contributed by atoms with E-state index >= 15 is 0 Å². The minimum absolute atomic E-state index is 0.130. The van der Waals surface area contributed by atoms with Crippen molar-refractivity contribution in [2.24, 2.45) is 0 Å². The first-order chi connectivity index (χ1) is 12.2. The van der Waals surface area contributed by atoms with Crippen LogP contribution in [0.4, 0.5) is 4.79 Å². The molecule has 1 aromatic carbocycles. The van der Waals surface area contributed by atoms with Gasteiger partial charge >= 0.3 is 6.03 Å². The molecule has 1 unspecified atom stereocenters. The quantitative estimate of drug-likeness (QED) is 0.875. The number of urea groups is 1. The maximum absolute atomic E-state index is 12.1. The Balaban J connectivity index is 1.45. The van der Waals surface area contributed by atoms with Crippen LogP contribution in [0.1, 0.15) is 24.1 Å². The second-order valence-corrected chi connectivity index (χ2v) is 6.15. The van der Waals surface area contributed by atoms with Crippen LogP contribution in [0.5, 0.6) is 5.75 Å². The van der Waals surface area contributed by atoms with Gasteiger partial charge in [0.2, 0.25) is 0 Å². The van der Waals surface area contributed by atoms with Gasteiger partial charge in [0.15, 0.2) is 0 Å². The van der Waals surface area contributed by atoms with E-state index < -0.39 is 6.10 Å². The maximum Gasteiger partial charge on any atom is 0.317 e. The molecule has 1 saturated heterocycles. The lowest BCUT2D eigenvalue weighted by atomic mass is 10.1. The molecule has 0 radical (unpaired) electrons. The van der Waals surface area contributed by atoms with E-state index in [9.17, 15) is 9.90 Å². The second kappa shape index (κ2) is 8.48. The number of nitrogens with zero attached hydrogens (tertiary/aromatic N) is 2. The van der Waals surface area contributed by atoms with Gasteiger partial charge in [-0.3, -0.25) is 4.98 Å². The molecule has 2 heterocycles. The molecular formula is C19H23N3O3. The van der Waals surface area contributed by atoms with Gasteiger partial charge in [0.25, 0.3) is 0 Å². The van der Waals surface area contributed by atoms with Gasteiger partial charge in [0, 0.05) is 25.8 Å². The summed E-state index contributed by atoms with van der Waals surface area (Å²) in [7, 11) is 0. The Kier molecular flexibility index (Phi) is 5.85. The predicted molar refractivity (Wildman–Crippen MR) is 94.1 cm³/mol. The number of aromatic nitrogens is 1. The van der Waals surface area contributed by atoms with E-state index in [1.54, 1.807) is 11.1 Å². The van der Waals surface area contributed by atoms with Crippen LogP contribution in [-0.4, -0.2) is 40.2 Å². The molecule has 0 spiro atoms. The van der Waals surface area contributed by atoms with Crippen molar-refractivity contribution >= 4 is 6.03 Å². The fourth-order valence-electron chi connectivity index (χ4n) is 2.77. The third-order valence-electron chi connectivity index (χ3n) is 4.16. The SMILES string of the molecule is O=C(NCc1ccc(OCc2ccccn2)cc1)N1CCCC(O)C1. The highest BCUT2D eigenvalue weighted by molar-refractivity contribution is 5.74. The van der Waals surface area contributed by atoms with Crippen molar-refractivity contribution in [1.29, 1.82) is 0 Å². The van der Waals surface area contributed by atoms with Crippen molar-refractivity contribution in [2.75, 3.05) is 13.1 Å². The lowest BCUT2D eigenvalue weighted by Gasteiger charge is -2.30. The molecule has 1 aromatic heterocycles. The lowest BCUT2D eigenvalue weighted by molar-refractivity contribution is 0.0842. The number of hydrogen-bond donors (Lipinski definition) is 2. The normalized spacial score (nSPS) is 17.2. The summed E-state index contributed by atoms with van der Waals surface area (Å²) in [5, 5.41) is 12.5. The van der Waals surface area contributed by atoms with Gasteiger partial charge in [0.1, 0.15) is 12.4 Å². The van der Waals surface area contributed by atoms with Gasteiger partial charge in [-0.1, -0.05) is 18.2 Å². The number of rotatable bonds is 5. The highest BCUT2D eigenvalue weighted by atomic mass is 16.5. The van der Waals surface area contributed by atoms with Crippen molar-refractivity contribution < 1.29 is 14.6 Å². The zero-order valence-corrected chi connectivity index (χ0v) is 14.1. The van der Waals surface area contributed by atoms with E-state index in [0.29, 0.717) is 26.2 Å². The smallest absolute Gasteiger partial charge is 0.317 e. The van der Waals surface area contributed by atoms with Crippen LogP contribution < -0.4 is 10.1 Å². The number of β-amino-alcohol motifs (C(OH)–C–C–N with tert-alkyl or cyclic N) is 1. The van der Waals surface area contributed by atoms with E-state index in [1.165, 1.54) is 0 Å². The van der Waals surface area contributed by atoms with Crippen LogP contribution in [0.25, 0.3) is 0 Å². The molecule has 6 nitrogen and oxygen atoms in total. The van der Waals surface area contributed by atoms with Crippen LogP contribution in [0, 0.1) is 0 Å². The zero-order valence-electron chi connectivity index (χ0n) is 14.1. The lowest BCUT2D eigenvalue weighted by Crippen LogP contribution is -2.46. The second-order valence-electron chi connectivity index (χ2n) is 6.15. The first-order valence-corrected chi connectivity index (χ1v) is 8.53. The summed E-state index contributed by atoms with van der Waals surface area (Å²) in [5.41, 5.74) is 1.87. The number of piperidine rings is 1. The molecule has 1 fully saturated rings. The molecule has 25 heavy (non-hydrogen) atoms. The third kappa shape index (κ3) is 5.19. The molecule has 3 rings (SSSR count). The number of pyridine rings is 1. The molecule has 1 aliphatic heterocycles. The van der Waals surface area contributed by atoms with Crippen LogP contribution in [0.15, 0.2) is 48.7 Å². The number of aliphatic hydroxyl groups excluding tert-OH is 1. The van der Waals surface area contributed by atoms with E-state index in [-0.39, 0.29) is 6.03 Å². The van der Waals surface area contributed by atoms with E-state index in [0.717, 1.165) is 29.8 Å². The number of hydrogen-bond acceptors (Lipinski definition) is 4. The molecule has 2 aromatic rings. The Morgan fingerprint density at radius 3 is 2.84 bits per heavy atom. The summed E-state index contributed by atoms with van der Waals surface area (Å²) < 4.78 is 5.69. The fraction of sp³-hybridized carbons (Fsp3) is 0.368. The molecule has 6 heteroatoms. The van der Waals surface area contributed by atoms with Crippen molar-refractivity contribution in [3.8, 4) is 5.75 Å². The molecule has 2 amide bonds. The van der Waals surface area contributed by atoms with Gasteiger partial charge < -0.3 is 20.1 Å². The highest BCUT2D eigenvalue weighted by Crippen LogP contribution is 2.14. The summed E-state index contributed by atoms with van der Waals surface area (Å²) >= 11 is 0. The molecule has 0 bridgehead atoms. The summed E-state index contributed by atoms with van der Waals surface area (Å²) in [6.45, 7) is 1.98. The molecule has 132 valence electrons. The van der Waals surface area contributed by atoms with E-state index in [1.807, 2.05) is 42.5 Å². The van der Waals surface area contributed by atoms with Crippen LogP contribution in [0.3, 0.4) is 0 Å². The Bertz CT molecular complexity index is 676. The Hall–Kier alpha value is -2.60. The van der Waals surface area contributed by atoms with Crippen molar-refractivity contribution in [3.05, 3.63) is 59.9 Å². The number of carbonyl (C=O) groups is 1. The monoisotopic (exact) mass is 341 g/mol. The van der Waals surface area contributed by atoms with E-state index in [4.69, 9.17) is 4.74 Å². The maximum atomic E-state index is 12.1. The van der Waals surface area contributed by atoms with Gasteiger partial charge in [-0.05, 0) is 42.7 Å². The standard InChI is InChI=1S/C19H23N3O3/c23-17-5-3-11-22(13-17)19(24)21-12-15-6-8-18(9-7-15)25-14-16-4-1-2-10-20-16/h1-2,4,6-10,17,23H,3,5,11-14H2,(H,21,24). The molecule has 0 saturated carbocycles. The number of benzene rings is 1. The fourth-order valence-corrected chi connectivity index (χ4v) is 2.77. The summed E-state index contributed by atoms with van der Waals surface area (Å²) in [5.74, 6) is 0.764. The first-order valence-electron chi connectivity index (χ1n) is 8.53. The molecule has 1 atom stereocenters. The molecular weight excluding hydrogens is 318 g/mol. The topological polar surface area (TPSA) is 74.7 Å². The van der Waals surface area contributed by atoms with Gasteiger partial charge in [-0.15, -0.1) is 0 Å². The Morgan fingerprint density at radius 1 is 1.28 bits per heavy atom. The number of ether oxygens (including phenoxy) is 1. The zero-order chi connectivity index (χ0) is 17.5. The number of likely N-dealkylation sites (tertiary alicyclic amines) is 1. The molecule has 2 N–H and O–H groups in total. The van der Waals surface area contributed by atoms with Gasteiger partial charge in [-0.2, -0.15) is 0 Å². The minimum Gasteiger partial charge on any atom is -0.487 e. The summed E-state index contributed by atoms with van der Waals surface area (Å²) in [4.78, 5) is 18.0. The summed E-state index contributed by atoms with van der Waals surface area (Å²) in [6.07, 6.45) is 2.95. The Morgan fingerprint density at radius 2 is 2.12 bits per heavy atom. The highest BCUT2D eigenvalue weighted by Gasteiger charge is 2.21. The number of nitrogens with one attached hydrogen (secondary N) is 1. The average Bonchev–Trinajstić information content (AvgIpc) is 2.66. The average molecular weight is 341 g/mol. The molecule has 1 aliphatic rings. The number of amides is 2. The van der Waals surface area contributed by atoms with Crippen LogP contribution in [0.2, 0.25) is 0 Å². The van der Waals surface area contributed by atoms with E-state index in [2.05, 4.69) is 10.3 Å². The van der Waals surface area contributed by atoms with Gasteiger partial charge in [0.05, 0.1) is 11.8 Å². The largest absolute Gasteiger partial charge is 0.487 e. The predicted octanol–water partition coefficient (Wildman–Crippen LogP) is 2.33. The van der Waals surface area contributed by atoms with Crippen molar-refractivity contribution in [3.63, 3.8) is 0 Å².